The topological polar surface area (TPSA) is 35.2 Å². The van der Waals surface area contributed by atoms with Gasteiger partial charge in [-0.05, 0) is 48.9 Å². The summed E-state index contributed by atoms with van der Waals surface area (Å²) in [7, 11) is 0. The minimum absolute atomic E-state index is 0.0880. The van der Waals surface area contributed by atoms with E-state index in [2.05, 4.69) is 15.9 Å². The SMILES string of the molecule is NCCc1cc(Br)ccc1OCc1c(F)cccc1Cl. The summed E-state index contributed by atoms with van der Waals surface area (Å²) in [5.74, 6) is 0.327. The van der Waals surface area contributed by atoms with Crippen LogP contribution in [-0.4, -0.2) is 6.54 Å². The number of ether oxygens (including phenoxy) is 1. The smallest absolute Gasteiger partial charge is 0.131 e. The summed E-state index contributed by atoms with van der Waals surface area (Å²) in [5.41, 5.74) is 6.92. The van der Waals surface area contributed by atoms with Crippen LogP contribution in [0.2, 0.25) is 5.02 Å². The van der Waals surface area contributed by atoms with Gasteiger partial charge in [0.05, 0.1) is 5.02 Å². The fourth-order valence-electron chi connectivity index (χ4n) is 1.86. The zero-order valence-electron chi connectivity index (χ0n) is 10.7. The van der Waals surface area contributed by atoms with Crippen LogP contribution in [0, 0.1) is 5.82 Å². The maximum Gasteiger partial charge on any atom is 0.131 e. The van der Waals surface area contributed by atoms with Gasteiger partial charge in [0, 0.05) is 10.0 Å². The van der Waals surface area contributed by atoms with Gasteiger partial charge in [0.25, 0.3) is 0 Å². The molecule has 0 aromatic heterocycles. The highest BCUT2D eigenvalue weighted by atomic mass is 79.9. The Morgan fingerprint density at radius 2 is 2.05 bits per heavy atom. The molecule has 2 nitrogen and oxygen atoms in total. The monoisotopic (exact) mass is 357 g/mol. The van der Waals surface area contributed by atoms with Gasteiger partial charge in [0.1, 0.15) is 18.2 Å². The Morgan fingerprint density at radius 3 is 2.75 bits per heavy atom. The molecule has 0 bridgehead atoms. The third kappa shape index (κ3) is 3.72. The van der Waals surface area contributed by atoms with E-state index in [0.29, 0.717) is 29.3 Å². The van der Waals surface area contributed by atoms with Crippen LogP contribution in [-0.2, 0) is 13.0 Å². The number of nitrogens with two attached hydrogens (primary N) is 1. The maximum absolute atomic E-state index is 13.7. The van der Waals surface area contributed by atoms with Crippen molar-refractivity contribution >= 4 is 27.5 Å². The van der Waals surface area contributed by atoms with Crippen LogP contribution in [0.15, 0.2) is 40.9 Å². The van der Waals surface area contributed by atoms with E-state index in [4.69, 9.17) is 22.1 Å². The standard InChI is InChI=1S/C15H14BrClFNO/c16-11-4-5-15(10(8-11)6-7-19)20-9-12-13(17)2-1-3-14(12)18/h1-5,8H,6-7,9,19H2. The molecule has 0 saturated carbocycles. The van der Waals surface area contributed by atoms with Crippen molar-refractivity contribution in [1.82, 2.24) is 0 Å². The molecule has 0 aliphatic carbocycles. The van der Waals surface area contributed by atoms with Gasteiger partial charge >= 0.3 is 0 Å². The molecule has 0 radical (unpaired) electrons. The summed E-state index contributed by atoms with van der Waals surface area (Å²) in [6.07, 6.45) is 0.694. The van der Waals surface area contributed by atoms with Gasteiger partial charge in [0.15, 0.2) is 0 Å². The van der Waals surface area contributed by atoms with E-state index in [9.17, 15) is 4.39 Å². The highest BCUT2D eigenvalue weighted by Crippen LogP contribution is 2.26. The molecule has 0 unspecified atom stereocenters. The number of halogens is 3. The van der Waals surface area contributed by atoms with Crippen molar-refractivity contribution < 1.29 is 9.13 Å². The van der Waals surface area contributed by atoms with Crippen LogP contribution < -0.4 is 10.5 Å². The van der Waals surface area contributed by atoms with Crippen LogP contribution in [0.5, 0.6) is 5.75 Å². The number of rotatable bonds is 5. The summed E-state index contributed by atoms with van der Waals surface area (Å²) in [4.78, 5) is 0. The molecule has 0 spiro atoms. The second kappa shape index (κ2) is 7.07. The second-order valence-corrected chi connectivity index (χ2v) is 5.60. The molecular weight excluding hydrogens is 345 g/mol. The minimum Gasteiger partial charge on any atom is -0.488 e. The first-order chi connectivity index (χ1) is 9.61. The highest BCUT2D eigenvalue weighted by Gasteiger charge is 2.10. The first-order valence-electron chi connectivity index (χ1n) is 6.16. The molecule has 0 aliphatic rings. The Morgan fingerprint density at radius 1 is 1.25 bits per heavy atom. The van der Waals surface area contributed by atoms with Crippen molar-refractivity contribution in [1.29, 1.82) is 0 Å². The Balaban J connectivity index is 2.18. The largest absolute Gasteiger partial charge is 0.488 e. The molecule has 0 fully saturated rings. The zero-order valence-corrected chi connectivity index (χ0v) is 13.0. The summed E-state index contributed by atoms with van der Waals surface area (Å²) in [6.45, 7) is 0.609. The lowest BCUT2D eigenvalue weighted by Crippen LogP contribution is -2.06. The molecule has 2 N–H and O–H groups in total. The van der Waals surface area contributed by atoms with Crippen molar-refractivity contribution in [2.75, 3.05) is 6.54 Å². The van der Waals surface area contributed by atoms with Gasteiger partial charge in [0.2, 0.25) is 0 Å². The molecule has 2 rings (SSSR count). The average molecular weight is 359 g/mol. The van der Waals surface area contributed by atoms with Gasteiger partial charge in [-0.1, -0.05) is 33.6 Å². The third-order valence-electron chi connectivity index (χ3n) is 2.87. The van der Waals surface area contributed by atoms with Crippen molar-refractivity contribution in [2.45, 2.75) is 13.0 Å². The van der Waals surface area contributed by atoms with Gasteiger partial charge < -0.3 is 10.5 Å². The van der Waals surface area contributed by atoms with Crippen LogP contribution in [0.25, 0.3) is 0 Å². The van der Waals surface area contributed by atoms with Crippen molar-refractivity contribution in [3.05, 3.63) is 62.8 Å². The first kappa shape index (κ1) is 15.3. The van der Waals surface area contributed by atoms with E-state index < -0.39 is 0 Å². The van der Waals surface area contributed by atoms with E-state index in [0.717, 1.165) is 10.0 Å². The molecule has 0 aliphatic heterocycles. The van der Waals surface area contributed by atoms with Crippen molar-refractivity contribution in [3.63, 3.8) is 0 Å². The fourth-order valence-corrected chi connectivity index (χ4v) is 2.49. The summed E-state index contributed by atoms with van der Waals surface area (Å²) in [5, 5.41) is 0.363. The van der Waals surface area contributed by atoms with Crippen LogP contribution in [0.4, 0.5) is 4.39 Å². The molecule has 0 atom stereocenters. The highest BCUT2D eigenvalue weighted by molar-refractivity contribution is 9.10. The van der Waals surface area contributed by atoms with E-state index in [1.807, 2.05) is 18.2 Å². The van der Waals surface area contributed by atoms with Crippen molar-refractivity contribution in [2.24, 2.45) is 5.73 Å². The summed E-state index contributed by atoms with van der Waals surface area (Å²) < 4.78 is 20.3. The molecule has 0 saturated heterocycles. The maximum atomic E-state index is 13.7. The Labute approximate surface area is 130 Å². The molecule has 0 amide bonds. The van der Waals surface area contributed by atoms with Crippen LogP contribution in [0.1, 0.15) is 11.1 Å². The molecular formula is C15H14BrClFNO. The van der Waals surface area contributed by atoms with E-state index in [1.54, 1.807) is 12.1 Å². The normalized spacial score (nSPS) is 10.6. The predicted octanol–water partition coefficient (Wildman–Crippen LogP) is 4.32. The number of hydrogen-bond donors (Lipinski definition) is 1. The Bertz CT molecular complexity index is 586. The third-order valence-corrected chi connectivity index (χ3v) is 3.72. The summed E-state index contributed by atoms with van der Waals surface area (Å²) in [6, 6.07) is 10.2. The van der Waals surface area contributed by atoms with Gasteiger partial charge in [-0.2, -0.15) is 0 Å². The van der Waals surface area contributed by atoms with E-state index in [1.165, 1.54) is 6.07 Å². The van der Waals surface area contributed by atoms with E-state index in [-0.39, 0.29) is 12.4 Å². The lowest BCUT2D eigenvalue weighted by Gasteiger charge is -2.13. The van der Waals surface area contributed by atoms with Crippen LogP contribution in [0.3, 0.4) is 0 Å². The lowest BCUT2D eigenvalue weighted by molar-refractivity contribution is 0.297. The lowest BCUT2D eigenvalue weighted by atomic mass is 10.1. The Kier molecular flexibility index (Phi) is 5.40. The minimum atomic E-state index is -0.366. The molecule has 2 aromatic rings. The van der Waals surface area contributed by atoms with E-state index >= 15 is 0 Å². The molecule has 0 heterocycles. The summed E-state index contributed by atoms with van der Waals surface area (Å²) >= 11 is 9.38. The molecule has 20 heavy (non-hydrogen) atoms. The second-order valence-electron chi connectivity index (χ2n) is 4.28. The average Bonchev–Trinajstić information content (AvgIpc) is 2.40. The molecule has 2 aromatic carbocycles. The predicted molar refractivity (Wildman–Crippen MR) is 82.6 cm³/mol. The fraction of sp³-hybridized carbons (Fsp3) is 0.200. The number of benzene rings is 2. The quantitative estimate of drug-likeness (QED) is 0.864. The molecule has 5 heteroatoms. The van der Waals surface area contributed by atoms with Crippen molar-refractivity contribution in [3.8, 4) is 5.75 Å². The zero-order chi connectivity index (χ0) is 14.5. The van der Waals surface area contributed by atoms with Gasteiger partial charge in [-0.15, -0.1) is 0 Å². The Hall–Kier alpha value is -1.10. The first-order valence-corrected chi connectivity index (χ1v) is 7.33. The molecule has 106 valence electrons. The van der Waals surface area contributed by atoms with Gasteiger partial charge in [-0.25, -0.2) is 4.39 Å². The number of hydrogen-bond acceptors (Lipinski definition) is 2. The van der Waals surface area contributed by atoms with Crippen LogP contribution >= 0.6 is 27.5 Å². The van der Waals surface area contributed by atoms with Gasteiger partial charge in [-0.3, -0.25) is 0 Å².